The van der Waals surface area contributed by atoms with Crippen molar-refractivity contribution in [2.45, 2.75) is 0 Å². The number of anilines is 1. The first-order valence-electron chi connectivity index (χ1n) is 6.84. The summed E-state index contributed by atoms with van der Waals surface area (Å²) in [5.74, 6) is 0.227. The van der Waals surface area contributed by atoms with Crippen LogP contribution >= 0.6 is 0 Å². The van der Waals surface area contributed by atoms with E-state index in [0.717, 1.165) is 11.3 Å². The fourth-order valence-corrected chi connectivity index (χ4v) is 2.16. The SMILES string of the molecule is CN(C(=O)c1ccc(-c2ccc(F)cc2)o1)c1ccccc1. The zero-order chi connectivity index (χ0) is 15.5. The van der Waals surface area contributed by atoms with Crippen LogP contribution in [0.4, 0.5) is 10.1 Å². The second-order valence-electron chi connectivity index (χ2n) is 4.87. The second kappa shape index (κ2) is 5.85. The molecule has 0 unspecified atom stereocenters. The molecule has 0 saturated heterocycles. The third kappa shape index (κ3) is 2.76. The quantitative estimate of drug-likeness (QED) is 0.719. The van der Waals surface area contributed by atoms with Crippen molar-refractivity contribution < 1.29 is 13.6 Å². The van der Waals surface area contributed by atoms with Gasteiger partial charge in [0.1, 0.15) is 11.6 Å². The Bertz CT molecular complexity index is 778. The number of rotatable bonds is 3. The summed E-state index contributed by atoms with van der Waals surface area (Å²) in [6, 6.07) is 18.6. The van der Waals surface area contributed by atoms with Gasteiger partial charge in [-0.3, -0.25) is 4.79 Å². The molecular weight excluding hydrogens is 281 g/mol. The maximum Gasteiger partial charge on any atom is 0.293 e. The molecule has 0 spiro atoms. The lowest BCUT2D eigenvalue weighted by Gasteiger charge is -2.15. The fourth-order valence-electron chi connectivity index (χ4n) is 2.16. The molecule has 3 aromatic rings. The van der Waals surface area contributed by atoms with Gasteiger partial charge in [0.15, 0.2) is 5.76 Å². The van der Waals surface area contributed by atoms with Crippen LogP contribution < -0.4 is 4.90 Å². The van der Waals surface area contributed by atoms with Gasteiger partial charge in [0.05, 0.1) is 0 Å². The van der Waals surface area contributed by atoms with E-state index in [1.807, 2.05) is 30.3 Å². The van der Waals surface area contributed by atoms with Crippen LogP contribution in [-0.2, 0) is 0 Å². The summed E-state index contributed by atoms with van der Waals surface area (Å²) < 4.78 is 18.5. The van der Waals surface area contributed by atoms with Gasteiger partial charge in [0.25, 0.3) is 5.91 Å². The van der Waals surface area contributed by atoms with Crippen LogP contribution in [0.25, 0.3) is 11.3 Å². The number of benzene rings is 2. The average molecular weight is 295 g/mol. The fraction of sp³-hybridized carbons (Fsp3) is 0.0556. The van der Waals surface area contributed by atoms with Crippen molar-refractivity contribution in [3.8, 4) is 11.3 Å². The lowest BCUT2D eigenvalue weighted by molar-refractivity contribution is 0.0967. The third-order valence-corrected chi connectivity index (χ3v) is 3.39. The maximum atomic E-state index is 12.9. The van der Waals surface area contributed by atoms with Crippen LogP contribution in [0, 0.1) is 5.82 Å². The molecule has 4 heteroatoms. The topological polar surface area (TPSA) is 33.5 Å². The Labute approximate surface area is 127 Å². The van der Waals surface area contributed by atoms with Gasteiger partial charge in [0, 0.05) is 18.3 Å². The van der Waals surface area contributed by atoms with E-state index in [-0.39, 0.29) is 17.5 Å². The van der Waals surface area contributed by atoms with Crippen LogP contribution in [0.1, 0.15) is 10.6 Å². The van der Waals surface area contributed by atoms with Gasteiger partial charge in [-0.2, -0.15) is 0 Å². The lowest BCUT2D eigenvalue weighted by Crippen LogP contribution is -2.25. The number of para-hydroxylation sites is 1. The van der Waals surface area contributed by atoms with E-state index in [4.69, 9.17) is 4.42 Å². The van der Waals surface area contributed by atoms with Gasteiger partial charge in [-0.1, -0.05) is 18.2 Å². The molecule has 1 amide bonds. The number of carbonyl (C=O) groups excluding carboxylic acids is 1. The van der Waals surface area contributed by atoms with Gasteiger partial charge in [-0.05, 0) is 48.5 Å². The first kappa shape index (κ1) is 14.1. The zero-order valence-corrected chi connectivity index (χ0v) is 12.0. The first-order chi connectivity index (χ1) is 10.6. The predicted octanol–water partition coefficient (Wildman–Crippen LogP) is 4.36. The summed E-state index contributed by atoms with van der Waals surface area (Å²) in [7, 11) is 1.69. The van der Waals surface area contributed by atoms with Crippen molar-refractivity contribution in [1.82, 2.24) is 0 Å². The van der Waals surface area contributed by atoms with Gasteiger partial charge in [-0.25, -0.2) is 4.39 Å². The Morgan fingerprint density at radius 3 is 2.32 bits per heavy atom. The molecule has 0 aliphatic carbocycles. The van der Waals surface area contributed by atoms with Crippen molar-refractivity contribution in [1.29, 1.82) is 0 Å². The van der Waals surface area contributed by atoms with Crippen LogP contribution in [0.15, 0.2) is 71.1 Å². The Hall–Kier alpha value is -2.88. The molecule has 0 bridgehead atoms. The molecule has 22 heavy (non-hydrogen) atoms. The molecule has 0 aliphatic heterocycles. The van der Waals surface area contributed by atoms with E-state index in [0.29, 0.717) is 5.76 Å². The Kier molecular flexibility index (Phi) is 3.74. The summed E-state index contributed by atoms with van der Waals surface area (Å²) >= 11 is 0. The maximum absolute atomic E-state index is 12.9. The third-order valence-electron chi connectivity index (χ3n) is 3.39. The number of furan rings is 1. The standard InChI is InChI=1S/C18H14FNO2/c1-20(15-5-3-2-4-6-15)18(21)17-12-11-16(22-17)13-7-9-14(19)10-8-13/h2-12H,1H3. The Morgan fingerprint density at radius 2 is 1.64 bits per heavy atom. The molecule has 1 heterocycles. The van der Waals surface area contributed by atoms with E-state index in [1.54, 1.807) is 31.3 Å². The molecule has 3 nitrogen and oxygen atoms in total. The van der Waals surface area contributed by atoms with E-state index < -0.39 is 0 Å². The number of halogens is 1. The zero-order valence-electron chi connectivity index (χ0n) is 12.0. The minimum Gasteiger partial charge on any atom is -0.451 e. The Balaban J connectivity index is 1.84. The molecule has 0 fully saturated rings. The predicted molar refractivity (Wildman–Crippen MR) is 83.3 cm³/mol. The van der Waals surface area contributed by atoms with Gasteiger partial charge < -0.3 is 9.32 Å². The normalized spacial score (nSPS) is 10.5. The number of nitrogens with zero attached hydrogens (tertiary/aromatic N) is 1. The Morgan fingerprint density at radius 1 is 0.955 bits per heavy atom. The van der Waals surface area contributed by atoms with Crippen LogP contribution in [0.3, 0.4) is 0 Å². The van der Waals surface area contributed by atoms with E-state index in [9.17, 15) is 9.18 Å². The highest BCUT2D eigenvalue weighted by Gasteiger charge is 2.17. The number of amides is 1. The molecule has 0 saturated carbocycles. The van der Waals surface area contributed by atoms with Crippen molar-refractivity contribution >= 4 is 11.6 Å². The van der Waals surface area contributed by atoms with Gasteiger partial charge in [-0.15, -0.1) is 0 Å². The number of hydrogen-bond acceptors (Lipinski definition) is 2. The summed E-state index contributed by atoms with van der Waals surface area (Å²) in [6.07, 6.45) is 0. The highest BCUT2D eigenvalue weighted by Crippen LogP contribution is 2.24. The van der Waals surface area contributed by atoms with Gasteiger partial charge in [0.2, 0.25) is 0 Å². The number of hydrogen-bond donors (Lipinski definition) is 0. The van der Waals surface area contributed by atoms with E-state index >= 15 is 0 Å². The van der Waals surface area contributed by atoms with Crippen molar-refractivity contribution in [3.05, 3.63) is 78.3 Å². The molecule has 0 aliphatic rings. The molecule has 0 radical (unpaired) electrons. The van der Waals surface area contributed by atoms with Crippen LogP contribution in [0.5, 0.6) is 0 Å². The van der Waals surface area contributed by atoms with Gasteiger partial charge >= 0.3 is 0 Å². The van der Waals surface area contributed by atoms with Crippen molar-refractivity contribution in [2.75, 3.05) is 11.9 Å². The smallest absolute Gasteiger partial charge is 0.293 e. The number of carbonyl (C=O) groups is 1. The highest BCUT2D eigenvalue weighted by molar-refractivity contribution is 6.04. The summed E-state index contributed by atoms with van der Waals surface area (Å²) in [5, 5.41) is 0. The highest BCUT2D eigenvalue weighted by atomic mass is 19.1. The monoisotopic (exact) mass is 295 g/mol. The molecule has 0 atom stereocenters. The van der Waals surface area contributed by atoms with E-state index in [1.165, 1.54) is 17.0 Å². The molecule has 3 rings (SSSR count). The largest absolute Gasteiger partial charge is 0.451 e. The minimum atomic E-state index is -0.310. The molecule has 110 valence electrons. The first-order valence-corrected chi connectivity index (χ1v) is 6.84. The average Bonchev–Trinajstić information content (AvgIpc) is 3.05. The lowest BCUT2D eigenvalue weighted by atomic mass is 10.2. The molecule has 2 aromatic carbocycles. The van der Waals surface area contributed by atoms with Crippen molar-refractivity contribution in [2.24, 2.45) is 0 Å². The van der Waals surface area contributed by atoms with E-state index in [2.05, 4.69) is 0 Å². The molecule has 0 N–H and O–H groups in total. The molecule has 1 aromatic heterocycles. The summed E-state index contributed by atoms with van der Waals surface area (Å²) in [4.78, 5) is 13.9. The van der Waals surface area contributed by atoms with Crippen LogP contribution in [-0.4, -0.2) is 13.0 Å². The molecular formula is C18H14FNO2. The summed E-state index contributed by atoms with van der Waals surface area (Å²) in [5.41, 5.74) is 1.51. The van der Waals surface area contributed by atoms with Crippen molar-refractivity contribution in [3.63, 3.8) is 0 Å². The van der Waals surface area contributed by atoms with Crippen LogP contribution in [0.2, 0.25) is 0 Å². The second-order valence-corrected chi connectivity index (χ2v) is 4.87. The summed E-state index contributed by atoms with van der Waals surface area (Å²) in [6.45, 7) is 0. The minimum absolute atomic E-state index is 0.237.